The van der Waals surface area contributed by atoms with E-state index in [0.29, 0.717) is 11.5 Å². The van der Waals surface area contributed by atoms with E-state index in [1.165, 1.54) is 16.7 Å². The summed E-state index contributed by atoms with van der Waals surface area (Å²) in [5, 5.41) is 2.05. The van der Waals surface area contributed by atoms with Gasteiger partial charge in [0.25, 0.3) is 0 Å². The molecule has 8 aromatic rings. The quantitative estimate of drug-likeness (QED) is 0.183. The number of hydrogen-bond donors (Lipinski definition) is 0. The lowest BCUT2D eigenvalue weighted by atomic mass is 9.98. The maximum atomic E-state index is 6.62. The van der Waals surface area contributed by atoms with Gasteiger partial charge in [-0.3, -0.25) is 0 Å². The zero-order valence-corrected chi connectivity index (χ0v) is 26.7. The molecule has 49 heavy (non-hydrogen) atoms. The highest BCUT2D eigenvalue weighted by Crippen LogP contribution is 2.49. The van der Waals surface area contributed by atoms with Crippen LogP contribution in [0.3, 0.4) is 0 Å². The van der Waals surface area contributed by atoms with Gasteiger partial charge in [-0.15, -0.1) is 0 Å². The Morgan fingerprint density at radius 1 is 0.327 bits per heavy atom. The second-order valence-corrected chi connectivity index (χ2v) is 12.2. The topological polar surface area (TPSA) is 21.7 Å². The zero-order chi connectivity index (χ0) is 32.6. The van der Waals surface area contributed by atoms with E-state index >= 15 is 0 Å². The summed E-state index contributed by atoms with van der Waals surface area (Å²) >= 11 is 0. The minimum atomic E-state index is 0.665. The van der Waals surface area contributed by atoms with Crippen molar-refractivity contribution >= 4 is 27.8 Å². The van der Waals surface area contributed by atoms with Crippen LogP contribution in [0.15, 0.2) is 188 Å². The lowest BCUT2D eigenvalue weighted by Crippen LogP contribution is -2.11. The molecule has 9 rings (SSSR count). The first-order chi connectivity index (χ1) is 24.3. The maximum absolute atomic E-state index is 6.62. The Balaban J connectivity index is 1.16. The van der Waals surface area contributed by atoms with Crippen molar-refractivity contribution in [3.63, 3.8) is 0 Å². The minimum absolute atomic E-state index is 0.665. The minimum Gasteiger partial charge on any atom is -0.453 e. The molecule has 1 heterocycles. The third kappa shape index (κ3) is 5.38. The second kappa shape index (κ2) is 12.2. The Labute approximate surface area is 285 Å². The molecule has 0 unspecified atom stereocenters. The predicted molar refractivity (Wildman–Crippen MR) is 202 cm³/mol. The molecule has 0 spiro atoms. The molecule has 0 atom stereocenters. The van der Waals surface area contributed by atoms with E-state index < -0.39 is 0 Å². The molecule has 0 aliphatic carbocycles. The summed E-state index contributed by atoms with van der Waals surface area (Å²) in [5.41, 5.74) is 10.1. The summed E-state index contributed by atoms with van der Waals surface area (Å²) < 4.78 is 13.1. The molecule has 1 aliphatic rings. The van der Waals surface area contributed by atoms with Crippen LogP contribution in [0.5, 0.6) is 23.0 Å². The van der Waals surface area contributed by atoms with E-state index in [2.05, 4.69) is 163 Å². The fourth-order valence-electron chi connectivity index (χ4n) is 6.75. The molecular formula is C46H31NO2. The van der Waals surface area contributed by atoms with Gasteiger partial charge >= 0.3 is 0 Å². The van der Waals surface area contributed by atoms with Crippen LogP contribution in [0.25, 0.3) is 44.2 Å². The number of hydrogen-bond acceptors (Lipinski definition) is 3. The summed E-state index contributed by atoms with van der Waals surface area (Å²) in [7, 11) is 0. The van der Waals surface area contributed by atoms with Crippen molar-refractivity contribution in [2.45, 2.75) is 0 Å². The van der Waals surface area contributed by atoms with Crippen molar-refractivity contribution in [1.29, 1.82) is 0 Å². The van der Waals surface area contributed by atoms with Crippen LogP contribution in [0.1, 0.15) is 0 Å². The van der Waals surface area contributed by atoms with Crippen LogP contribution in [0, 0.1) is 0 Å². The standard InChI is InChI=1S/C46H31NO2/c1-3-12-32(13-4-1)36-18-9-19-37(30-36)33-24-26-38(27-25-33)47(41-21-8-7-20-40(41)34-14-5-2-6-15-34)39-28-29-42-45(31-39)49-44-23-11-17-35-16-10-22-43(48-42)46(35)44/h1-31H. The van der Waals surface area contributed by atoms with Crippen LogP contribution >= 0.6 is 0 Å². The van der Waals surface area contributed by atoms with Gasteiger partial charge in [0.2, 0.25) is 0 Å². The van der Waals surface area contributed by atoms with Gasteiger partial charge in [-0.1, -0.05) is 133 Å². The van der Waals surface area contributed by atoms with Gasteiger partial charge < -0.3 is 14.4 Å². The fourth-order valence-corrected chi connectivity index (χ4v) is 6.75. The molecule has 0 aromatic heterocycles. The van der Waals surface area contributed by atoms with E-state index in [4.69, 9.17) is 9.47 Å². The lowest BCUT2D eigenvalue weighted by molar-refractivity contribution is 0.439. The molecule has 0 N–H and O–H groups in total. The van der Waals surface area contributed by atoms with Gasteiger partial charge in [0.1, 0.15) is 11.5 Å². The monoisotopic (exact) mass is 629 g/mol. The largest absolute Gasteiger partial charge is 0.453 e. The molecule has 0 saturated heterocycles. The van der Waals surface area contributed by atoms with Crippen molar-refractivity contribution in [2.75, 3.05) is 4.90 Å². The van der Waals surface area contributed by atoms with Gasteiger partial charge in [0.15, 0.2) is 11.5 Å². The Bertz CT molecular complexity index is 2430. The van der Waals surface area contributed by atoms with Crippen molar-refractivity contribution in [3.8, 4) is 56.4 Å². The molecule has 1 aliphatic heterocycles. The molecule has 3 heteroatoms. The van der Waals surface area contributed by atoms with Crippen LogP contribution in [-0.2, 0) is 0 Å². The van der Waals surface area contributed by atoms with E-state index in [1.54, 1.807) is 0 Å². The predicted octanol–water partition coefficient (Wildman–Crippen LogP) is 13.2. The molecule has 0 amide bonds. The third-order valence-corrected chi connectivity index (χ3v) is 9.11. The highest BCUT2D eigenvalue weighted by atomic mass is 16.5. The summed E-state index contributed by atoms with van der Waals surface area (Å²) in [6, 6.07) is 65.6. The molecule has 0 radical (unpaired) electrons. The number of benzene rings is 8. The Kier molecular flexibility index (Phi) is 7.14. The van der Waals surface area contributed by atoms with Crippen molar-refractivity contribution in [2.24, 2.45) is 0 Å². The zero-order valence-electron chi connectivity index (χ0n) is 26.7. The molecule has 3 nitrogen and oxygen atoms in total. The first-order valence-electron chi connectivity index (χ1n) is 16.5. The Morgan fingerprint density at radius 3 is 1.59 bits per heavy atom. The number of ether oxygens (including phenoxy) is 2. The number of anilines is 3. The van der Waals surface area contributed by atoms with Crippen molar-refractivity contribution < 1.29 is 9.47 Å². The molecule has 0 fully saturated rings. The van der Waals surface area contributed by atoms with E-state index in [1.807, 2.05) is 30.3 Å². The van der Waals surface area contributed by atoms with Gasteiger partial charge in [-0.25, -0.2) is 0 Å². The van der Waals surface area contributed by atoms with Gasteiger partial charge in [0.05, 0.1) is 16.8 Å². The summed E-state index contributed by atoms with van der Waals surface area (Å²) in [5.74, 6) is 2.91. The smallest absolute Gasteiger partial charge is 0.172 e. The number of fused-ring (bicyclic) bond motifs is 1. The van der Waals surface area contributed by atoms with Crippen LogP contribution in [0.2, 0.25) is 0 Å². The third-order valence-electron chi connectivity index (χ3n) is 9.11. The summed E-state index contributed by atoms with van der Waals surface area (Å²) in [4.78, 5) is 2.30. The SMILES string of the molecule is c1ccc(-c2cccc(-c3ccc(N(c4ccc5c(c4)Oc4cccc6cccc(c46)O5)c4ccccc4-c4ccccc4)cc3)c2)cc1. The lowest BCUT2D eigenvalue weighted by Gasteiger charge is -2.28. The molecule has 0 bridgehead atoms. The second-order valence-electron chi connectivity index (χ2n) is 12.2. The first kappa shape index (κ1) is 28.6. The number of para-hydroxylation sites is 1. The molecule has 8 aromatic carbocycles. The van der Waals surface area contributed by atoms with Crippen LogP contribution in [0.4, 0.5) is 17.1 Å². The maximum Gasteiger partial charge on any atom is 0.172 e. The average molecular weight is 630 g/mol. The Morgan fingerprint density at radius 2 is 0.878 bits per heavy atom. The van der Waals surface area contributed by atoms with Crippen LogP contribution < -0.4 is 14.4 Å². The molecule has 232 valence electrons. The first-order valence-corrected chi connectivity index (χ1v) is 16.5. The van der Waals surface area contributed by atoms with Gasteiger partial charge in [-0.2, -0.15) is 0 Å². The summed E-state index contributed by atoms with van der Waals surface area (Å²) in [6.07, 6.45) is 0. The summed E-state index contributed by atoms with van der Waals surface area (Å²) in [6.45, 7) is 0. The van der Waals surface area contributed by atoms with Gasteiger partial charge in [0, 0.05) is 17.3 Å². The fraction of sp³-hybridized carbons (Fsp3) is 0. The highest BCUT2D eigenvalue weighted by molar-refractivity contribution is 5.95. The molecule has 0 saturated carbocycles. The number of rotatable bonds is 6. The average Bonchev–Trinajstić information content (AvgIpc) is 3.33. The normalized spacial score (nSPS) is 11.6. The van der Waals surface area contributed by atoms with Crippen molar-refractivity contribution in [1.82, 2.24) is 0 Å². The van der Waals surface area contributed by atoms with Crippen LogP contribution in [-0.4, -0.2) is 0 Å². The number of nitrogens with zero attached hydrogens (tertiary/aromatic N) is 1. The van der Waals surface area contributed by atoms with E-state index in [-0.39, 0.29) is 0 Å². The van der Waals surface area contributed by atoms with E-state index in [9.17, 15) is 0 Å². The highest BCUT2D eigenvalue weighted by Gasteiger charge is 2.23. The Hall–Kier alpha value is -6.58. The molecular weight excluding hydrogens is 599 g/mol. The van der Waals surface area contributed by atoms with Crippen molar-refractivity contribution in [3.05, 3.63) is 188 Å². The van der Waals surface area contributed by atoms with Gasteiger partial charge in [-0.05, 0) is 81.7 Å². The van der Waals surface area contributed by atoms with E-state index in [0.717, 1.165) is 56.0 Å².